The fraction of sp³-hybridized carbons (Fsp3) is 0.478. The average Bonchev–Trinajstić information content (AvgIpc) is 3.23. The van der Waals surface area contributed by atoms with Crippen LogP contribution in [0.5, 0.6) is 5.75 Å². The summed E-state index contributed by atoms with van der Waals surface area (Å²) in [5.74, 6) is 0.569. The third-order valence-electron chi connectivity index (χ3n) is 5.87. The summed E-state index contributed by atoms with van der Waals surface area (Å²) in [6.07, 6.45) is 3.40. The highest BCUT2D eigenvalue weighted by atomic mass is 19.1. The first-order chi connectivity index (χ1) is 13.6. The van der Waals surface area contributed by atoms with Gasteiger partial charge in [-0.15, -0.1) is 0 Å². The molecular weight excluding hydrogens is 357 g/mol. The van der Waals surface area contributed by atoms with Gasteiger partial charge in [-0.3, -0.25) is 4.90 Å². The first kappa shape index (κ1) is 19.4. The molecule has 0 bridgehead atoms. The summed E-state index contributed by atoms with van der Waals surface area (Å²) in [5.41, 5.74) is 0.462. The smallest absolute Gasteiger partial charge is 0.129 e. The molecule has 2 saturated heterocycles. The van der Waals surface area contributed by atoms with Crippen molar-refractivity contribution in [2.75, 3.05) is 26.3 Å². The summed E-state index contributed by atoms with van der Waals surface area (Å²) in [6.45, 7) is 3.60. The van der Waals surface area contributed by atoms with Crippen LogP contribution in [-0.4, -0.2) is 42.4 Å². The highest BCUT2D eigenvalue weighted by Gasteiger charge is 2.36. The monoisotopic (exact) mass is 385 g/mol. The summed E-state index contributed by atoms with van der Waals surface area (Å²) in [7, 11) is 0. The molecule has 0 radical (unpaired) electrons. The maximum absolute atomic E-state index is 14.1. The largest absolute Gasteiger partial charge is 0.491 e. The average molecular weight is 385 g/mol. The molecule has 4 nitrogen and oxygen atoms in total. The van der Waals surface area contributed by atoms with Gasteiger partial charge in [-0.05, 0) is 37.8 Å². The second-order valence-electron chi connectivity index (χ2n) is 7.84. The van der Waals surface area contributed by atoms with Gasteiger partial charge in [0.15, 0.2) is 0 Å². The Morgan fingerprint density at radius 3 is 2.61 bits per heavy atom. The van der Waals surface area contributed by atoms with Crippen LogP contribution in [0.1, 0.15) is 36.8 Å². The van der Waals surface area contributed by atoms with E-state index < -0.39 is 5.60 Å². The Bertz CT molecular complexity index is 783. The van der Waals surface area contributed by atoms with Gasteiger partial charge in [-0.25, -0.2) is 4.39 Å². The number of piperidine rings is 1. The van der Waals surface area contributed by atoms with Gasteiger partial charge in [0, 0.05) is 37.4 Å². The van der Waals surface area contributed by atoms with Crippen LogP contribution in [0.4, 0.5) is 4.39 Å². The highest BCUT2D eigenvalue weighted by molar-refractivity contribution is 5.33. The standard InChI is InChI=1S/C23H28FNO3/c24-21-9-3-2-8-20(21)23(26)11-13-25(14-12-23)16-18-6-1-4-10-22(18)28-17-19-7-5-15-27-19/h1-4,6,8-10,19,26H,5,7,11-17H2/t19-/m0/s1. The van der Waals surface area contributed by atoms with Gasteiger partial charge < -0.3 is 14.6 Å². The molecule has 0 aromatic heterocycles. The molecule has 0 saturated carbocycles. The lowest BCUT2D eigenvalue weighted by molar-refractivity contribution is -0.0304. The Labute approximate surface area is 165 Å². The van der Waals surface area contributed by atoms with Crippen molar-refractivity contribution in [1.29, 1.82) is 0 Å². The van der Waals surface area contributed by atoms with Gasteiger partial charge in [0.2, 0.25) is 0 Å². The van der Waals surface area contributed by atoms with E-state index >= 15 is 0 Å². The summed E-state index contributed by atoms with van der Waals surface area (Å²) in [5, 5.41) is 11.0. The van der Waals surface area contributed by atoms with Gasteiger partial charge in [0.1, 0.15) is 18.2 Å². The molecule has 150 valence electrons. The molecule has 0 amide bonds. The Morgan fingerprint density at radius 2 is 1.86 bits per heavy atom. The SMILES string of the molecule is OC1(c2ccccc2F)CCN(Cc2ccccc2OC[C@@H]2CCCO2)CC1. The quantitative estimate of drug-likeness (QED) is 0.820. The van der Waals surface area contributed by atoms with Crippen molar-refractivity contribution in [3.63, 3.8) is 0 Å². The van der Waals surface area contributed by atoms with Crippen molar-refractivity contribution >= 4 is 0 Å². The number of halogens is 1. The lowest BCUT2D eigenvalue weighted by atomic mass is 9.84. The van der Waals surface area contributed by atoms with E-state index in [-0.39, 0.29) is 11.9 Å². The van der Waals surface area contributed by atoms with E-state index in [1.54, 1.807) is 18.2 Å². The number of ether oxygens (including phenoxy) is 2. The van der Waals surface area contributed by atoms with Crippen molar-refractivity contribution in [1.82, 2.24) is 4.90 Å². The molecule has 28 heavy (non-hydrogen) atoms. The van der Waals surface area contributed by atoms with Crippen molar-refractivity contribution in [3.05, 3.63) is 65.5 Å². The normalized spacial score (nSPS) is 22.3. The van der Waals surface area contributed by atoms with Gasteiger partial charge in [0.25, 0.3) is 0 Å². The molecule has 0 unspecified atom stereocenters. The molecule has 1 N–H and O–H groups in total. The zero-order valence-corrected chi connectivity index (χ0v) is 16.1. The van der Waals surface area contributed by atoms with Gasteiger partial charge in [0.05, 0.1) is 11.7 Å². The molecule has 2 heterocycles. The molecule has 2 fully saturated rings. The van der Waals surface area contributed by atoms with Gasteiger partial charge in [-0.1, -0.05) is 36.4 Å². The summed E-state index contributed by atoms with van der Waals surface area (Å²) < 4.78 is 25.8. The lowest BCUT2D eigenvalue weighted by Gasteiger charge is -2.38. The highest BCUT2D eigenvalue weighted by Crippen LogP contribution is 2.35. The third-order valence-corrected chi connectivity index (χ3v) is 5.87. The molecule has 4 rings (SSSR count). The predicted molar refractivity (Wildman–Crippen MR) is 106 cm³/mol. The van der Waals surface area contributed by atoms with Crippen LogP contribution in [0.15, 0.2) is 48.5 Å². The topological polar surface area (TPSA) is 41.9 Å². The van der Waals surface area contributed by atoms with Crippen LogP contribution in [0.2, 0.25) is 0 Å². The molecule has 1 atom stereocenters. The summed E-state index contributed by atoms with van der Waals surface area (Å²) in [4.78, 5) is 2.30. The molecular formula is C23H28FNO3. The number of aliphatic hydroxyl groups is 1. The second-order valence-corrected chi connectivity index (χ2v) is 7.84. The first-order valence-corrected chi connectivity index (χ1v) is 10.2. The van der Waals surface area contributed by atoms with Crippen LogP contribution < -0.4 is 4.74 Å². The Hall–Kier alpha value is -1.95. The molecule has 2 aromatic rings. The minimum atomic E-state index is -1.09. The molecule has 5 heteroatoms. The Balaban J connectivity index is 1.36. The number of likely N-dealkylation sites (tertiary alicyclic amines) is 1. The second kappa shape index (κ2) is 8.60. The number of hydrogen-bond donors (Lipinski definition) is 1. The molecule has 0 spiro atoms. The minimum absolute atomic E-state index is 0.193. The maximum atomic E-state index is 14.1. The number of para-hydroxylation sites is 1. The number of nitrogens with zero attached hydrogens (tertiary/aromatic N) is 1. The number of hydrogen-bond acceptors (Lipinski definition) is 4. The summed E-state index contributed by atoms with van der Waals surface area (Å²) >= 11 is 0. The van der Waals surface area contributed by atoms with E-state index in [0.717, 1.165) is 37.3 Å². The molecule has 2 aromatic carbocycles. The van der Waals surface area contributed by atoms with Crippen LogP contribution in [0.3, 0.4) is 0 Å². The molecule has 0 aliphatic carbocycles. The van der Waals surface area contributed by atoms with E-state index in [9.17, 15) is 9.50 Å². The molecule has 2 aliphatic rings. The van der Waals surface area contributed by atoms with Crippen LogP contribution in [0.25, 0.3) is 0 Å². The maximum Gasteiger partial charge on any atom is 0.129 e. The predicted octanol–water partition coefficient (Wildman–Crippen LogP) is 3.87. The Kier molecular flexibility index (Phi) is 5.95. The van der Waals surface area contributed by atoms with Crippen LogP contribution >= 0.6 is 0 Å². The fourth-order valence-corrected chi connectivity index (χ4v) is 4.16. The van der Waals surface area contributed by atoms with Crippen molar-refractivity contribution in [3.8, 4) is 5.75 Å². The van der Waals surface area contributed by atoms with Crippen molar-refractivity contribution < 1.29 is 19.0 Å². The lowest BCUT2D eigenvalue weighted by Crippen LogP contribution is -2.42. The zero-order chi connectivity index (χ0) is 19.4. The molecule has 2 aliphatic heterocycles. The Morgan fingerprint density at radius 1 is 1.11 bits per heavy atom. The van der Waals surface area contributed by atoms with Gasteiger partial charge >= 0.3 is 0 Å². The van der Waals surface area contributed by atoms with E-state index in [1.165, 1.54) is 6.07 Å². The summed E-state index contributed by atoms with van der Waals surface area (Å²) in [6, 6.07) is 14.7. The van der Waals surface area contributed by atoms with E-state index in [1.807, 2.05) is 18.2 Å². The van der Waals surface area contributed by atoms with Crippen LogP contribution in [0, 0.1) is 5.82 Å². The van der Waals surface area contributed by atoms with Gasteiger partial charge in [-0.2, -0.15) is 0 Å². The number of benzene rings is 2. The minimum Gasteiger partial charge on any atom is -0.491 e. The van der Waals surface area contributed by atoms with Crippen molar-refractivity contribution in [2.45, 2.75) is 43.9 Å². The first-order valence-electron chi connectivity index (χ1n) is 10.2. The zero-order valence-electron chi connectivity index (χ0n) is 16.1. The van der Waals surface area contributed by atoms with E-state index in [0.29, 0.717) is 38.1 Å². The van der Waals surface area contributed by atoms with Crippen LogP contribution in [-0.2, 0) is 16.9 Å². The van der Waals surface area contributed by atoms with E-state index in [2.05, 4.69) is 11.0 Å². The fourth-order valence-electron chi connectivity index (χ4n) is 4.16. The number of rotatable bonds is 6. The van der Waals surface area contributed by atoms with Crippen molar-refractivity contribution in [2.24, 2.45) is 0 Å². The third kappa shape index (κ3) is 4.37. The van der Waals surface area contributed by atoms with E-state index in [4.69, 9.17) is 9.47 Å².